The number of carbonyl (C=O) groups excluding carboxylic acids is 1. The molecule has 0 aromatic heterocycles. The number of anilines is 2. The van der Waals surface area contributed by atoms with Crippen molar-refractivity contribution in [3.63, 3.8) is 0 Å². The predicted octanol–water partition coefficient (Wildman–Crippen LogP) is 3.71. The van der Waals surface area contributed by atoms with E-state index in [0.717, 1.165) is 30.3 Å². The molecule has 2 N–H and O–H groups in total. The Morgan fingerprint density at radius 2 is 1.30 bits per heavy atom. The first-order chi connectivity index (χ1) is 15.4. The molecular weight excluding hydrogens is 481 g/mol. The van der Waals surface area contributed by atoms with Crippen LogP contribution in [0.5, 0.6) is 0 Å². The molecular formula is C21H17F3N2O5S2. The van der Waals surface area contributed by atoms with Crippen LogP contribution in [-0.2, 0) is 24.7 Å². The highest BCUT2D eigenvalue weighted by Gasteiger charge is 2.30. The van der Waals surface area contributed by atoms with E-state index in [1.807, 2.05) is 0 Å². The molecule has 1 atom stereocenters. The first-order valence-corrected chi connectivity index (χ1v) is 12.3. The maximum atomic E-state index is 13.3. The molecule has 0 aliphatic rings. The zero-order chi connectivity index (χ0) is 24.4. The van der Waals surface area contributed by atoms with E-state index in [-0.39, 0.29) is 16.3 Å². The lowest BCUT2D eigenvalue weighted by molar-refractivity contribution is -0.115. The van der Waals surface area contributed by atoms with Gasteiger partial charge in [0.25, 0.3) is 10.0 Å². The van der Waals surface area contributed by atoms with Crippen LogP contribution in [0, 0.1) is 17.5 Å². The topological polar surface area (TPSA) is 109 Å². The molecule has 0 saturated heterocycles. The van der Waals surface area contributed by atoms with Gasteiger partial charge in [-0.3, -0.25) is 9.52 Å². The van der Waals surface area contributed by atoms with Crippen LogP contribution in [0.15, 0.2) is 76.5 Å². The highest BCUT2D eigenvalue weighted by molar-refractivity contribution is 7.93. The summed E-state index contributed by atoms with van der Waals surface area (Å²) < 4.78 is 91.3. The van der Waals surface area contributed by atoms with E-state index in [4.69, 9.17) is 0 Å². The molecule has 0 aliphatic heterocycles. The fourth-order valence-corrected chi connectivity index (χ4v) is 5.03. The van der Waals surface area contributed by atoms with Crippen LogP contribution in [0.4, 0.5) is 24.5 Å². The fraction of sp³-hybridized carbons (Fsp3) is 0.0952. The van der Waals surface area contributed by atoms with E-state index < -0.39 is 53.4 Å². The van der Waals surface area contributed by atoms with Gasteiger partial charge in [-0.15, -0.1) is 0 Å². The minimum absolute atomic E-state index is 0.0599. The van der Waals surface area contributed by atoms with Crippen LogP contribution in [0.25, 0.3) is 0 Å². The van der Waals surface area contributed by atoms with Crippen LogP contribution in [0.3, 0.4) is 0 Å². The summed E-state index contributed by atoms with van der Waals surface area (Å²) >= 11 is 0. The number of carbonyl (C=O) groups is 1. The molecule has 3 aromatic carbocycles. The number of benzene rings is 3. The number of sulfonamides is 1. The third-order valence-electron chi connectivity index (χ3n) is 4.58. The molecule has 0 radical (unpaired) electrons. The lowest BCUT2D eigenvalue weighted by Crippen LogP contribution is -2.32. The molecule has 1 amide bonds. The first kappa shape index (κ1) is 24.3. The molecule has 3 aromatic rings. The molecule has 174 valence electrons. The van der Waals surface area contributed by atoms with Gasteiger partial charge >= 0.3 is 0 Å². The Morgan fingerprint density at radius 1 is 0.758 bits per heavy atom. The smallest absolute Gasteiger partial charge is 0.261 e. The Morgan fingerprint density at radius 3 is 1.88 bits per heavy atom. The normalized spacial score (nSPS) is 12.7. The number of sulfone groups is 1. The summed E-state index contributed by atoms with van der Waals surface area (Å²) in [6, 6.07) is 11.4. The molecule has 0 saturated carbocycles. The molecule has 0 bridgehead atoms. The maximum absolute atomic E-state index is 13.3. The average Bonchev–Trinajstić information content (AvgIpc) is 2.76. The van der Waals surface area contributed by atoms with Crippen molar-refractivity contribution in [2.75, 3.05) is 10.0 Å². The van der Waals surface area contributed by atoms with E-state index in [1.165, 1.54) is 31.2 Å². The van der Waals surface area contributed by atoms with E-state index >= 15 is 0 Å². The molecule has 0 heterocycles. The van der Waals surface area contributed by atoms with E-state index in [1.54, 1.807) is 0 Å². The molecule has 0 spiro atoms. The van der Waals surface area contributed by atoms with Gasteiger partial charge in [-0.05, 0) is 73.7 Å². The zero-order valence-electron chi connectivity index (χ0n) is 16.9. The van der Waals surface area contributed by atoms with Crippen molar-refractivity contribution in [2.45, 2.75) is 22.0 Å². The van der Waals surface area contributed by atoms with Crippen LogP contribution >= 0.6 is 0 Å². The molecule has 0 aliphatic carbocycles. The number of hydrogen-bond donors (Lipinski definition) is 2. The highest BCUT2D eigenvalue weighted by Crippen LogP contribution is 2.22. The standard InChI is InChI=1S/C21H17F3N2O5S2/c1-13(32(28,29)17-8-2-14(22)3-9-17)21(27)25-15-4-6-16(7-5-15)26-33(30,31)18-10-11-19(23)20(24)12-18/h2-13,26H,1H3,(H,25,27). The van der Waals surface area contributed by atoms with Crippen molar-refractivity contribution in [2.24, 2.45) is 0 Å². The van der Waals surface area contributed by atoms with Gasteiger partial charge in [0.05, 0.1) is 9.79 Å². The predicted molar refractivity (Wildman–Crippen MR) is 115 cm³/mol. The minimum atomic E-state index is -4.21. The van der Waals surface area contributed by atoms with Gasteiger partial charge in [0, 0.05) is 11.4 Å². The van der Waals surface area contributed by atoms with E-state index in [0.29, 0.717) is 12.1 Å². The maximum Gasteiger partial charge on any atom is 0.261 e. The summed E-state index contributed by atoms with van der Waals surface area (Å²) in [6.07, 6.45) is 0. The van der Waals surface area contributed by atoms with Crippen LogP contribution < -0.4 is 10.0 Å². The lowest BCUT2D eigenvalue weighted by atomic mass is 10.3. The number of rotatable bonds is 7. The largest absolute Gasteiger partial charge is 0.325 e. The Labute approximate surface area is 188 Å². The number of hydrogen-bond acceptors (Lipinski definition) is 5. The third-order valence-corrected chi connectivity index (χ3v) is 8.04. The lowest BCUT2D eigenvalue weighted by Gasteiger charge is -2.14. The number of nitrogens with one attached hydrogen (secondary N) is 2. The second-order valence-electron chi connectivity index (χ2n) is 6.89. The van der Waals surface area contributed by atoms with Crippen molar-refractivity contribution in [3.8, 4) is 0 Å². The van der Waals surface area contributed by atoms with Gasteiger partial charge < -0.3 is 5.32 Å². The Bertz CT molecular complexity index is 1390. The van der Waals surface area contributed by atoms with Crippen molar-refractivity contribution < 1.29 is 34.8 Å². The number of halogens is 3. The van der Waals surface area contributed by atoms with Crippen LogP contribution in [-0.4, -0.2) is 28.0 Å². The SMILES string of the molecule is CC(C(=O)Nc1ccc(NS(=O)(=O)c2ccc(F)c(F)c2)cc1)S(=O)(=O)c1ccc(F)cc1. The van der Waals surface area contributed by atoms with E-state index in [2.05, 4.69) is 10.0 Å². The second-order valence-corrected chi connectivity index (χ2v) is 10.8. The third kappa shape index (κ3) is 5.52. The number of amides is 1. The first-order valence-electron chi connectivity index (χ1n) is 9.28. The Kier molecular flexibility index (Phi) is 6.79. The quantitative estimate of drug-likeness (QED) is 0.483. The summed E-state index contributed by atoms with van der Waals surface area (Å²) in [7, 11) is -8.28. The Hall–Kier alpha value is -3.38. The van der Waals surface area contributed by atoms with Crippen molar-refractivity contribution in [1.29, 1.82) is 0 Å². The van der Waals surface area contributed by atoms with Crippen molar-refractivity contribution >= 4 is 37.1 Å². The second kappa shape index (κ2) is 9.24. The summed E-state index contributed by atoms with van der Waals surface area (Å²) in [5.74, 6) is -3.98. The van der Waals surface area contributed by atoms with Crippen molar-refractivity contribution in [1.82, 2.24) is 0 Å². The summed E-state index contributed by atoms with van der Waals surface area (Å²) in [5.41, 5.74) is 0.238. The van der Waals surface area contributed by atoms with Crippen LogP contribution in [0.1, 0.15) is 6.92 Å². The van der Waals surface area contributed by atoms with E-state index in [9.17, 15) is 34.8 Å². The molecule has 1 unspecified atom stereocenters. The molecule has 33 heavy (non-hydrogen) atoms. The van der Waals surface area contributed by atoms with Gasteiger partial charge in [-0.2, -0.15) is 0 Å². The minimum Gasteiger partial charge on any atom is -0.325 e. The van der Waals surface area contributed by atoms with Crippen LogP contribution in [0.2, 0.25) is 0 Å². The molecule has 3 rings (SSSR count). The Balaban J connectivity index is 1.70. The zero-order valence-corrected chi connectivity index (χ0v) is 18.6. The fourth-order valence-electron chi connectivity index (χ4n) is 2.69. The van der Waals surface area contributed by atoms with Gasteiger partial charge in [0.15, 0.2) is 21.5 Å². The average molecular weight is 499 g/mol. The molecule has 12 heteroatoms. The highest BCUT2D eigenvalue weighted by atomic mass is 32.2. The summed E-state index contributed by atoms with van der Waals surface area (Å²) in [4.78, 5) is 11.7. The van der Waals surface area contributed by atoms with Gasteiger partial charge in [-0.1, -0.05) is 0 Å². The van der Waals surface area contributed by atoms with Gasteiger partial charge in [-0.25, -0.2) is 30.0 Å². The van der Waals surface area contributed by atoms with Gasteiger partial charge in [0.2, 0.25) is 5.91 Å². The van der Waals surface area contributed by atoms with Gasteiger partial charge in [0.1, 0.15) is 11.1 Å². The summed E-state index contributed by atoms with van der Waals surface area (Å²) in [6.45, 7) is 1.18. The monoisotopic (exact) mass is 498 g/mol. The molecule has 0 fully saturated rings. The summed E-state index contributed by atoms with van der Waals surface area (Å²) in [5, 5.41) is 0.913. The molecule has 7 nitrogen and oxygen atoms in total. The van der Waals surface area contributed by atoms with Crippen molar-refractivity contribution in [3.05, 3.63) is 84.2 Å².